The highest BCUT2D eigenvalue weighted by Gasteiger charge is 2.06. The van der Waals surface area contributed by atoms with Gasteiger partial charge in [-0.15, -0.1) is 35.3 Å². The second-order valence-electron chi connectivity index (χ2n) is 5.30. The molecule has 0 aliphatic carbocycles. The van der Waals surface area contributed by atoms with E-state index in [0.29, 0.717) is 5.96 Å². The number of aromatic nitrogens is 1. The Hall–Kier alpha value is -0.550. The average molecular weight is 485 g/mol. The molecule has 1 rings (SSSR count). The van der Waals surface area contributed by atoms with Crippen molar-refractivity contribution in [3.8, 4) is 0 Å². The number of nitrogens with zero attached hydrogens (tertiary/aromatic N) is 3. The van der Waals surface area contributed by atoms with Gasteiger partial charge in [0, 0.05) is 44.2 Å². The maximum Gasteiger partial charge on any atom is 0.243 e. The van der Waals surface area contributed by atoms with Gasteiger partial charge in [0.15, 0.2) is 5.96 Å². The van der Waals surface area contributed by atoms with E-state index in [1.54, 1.807) is 42.1 Å². The molecule has 0 atom stereocenters. The Morgan fingerprint density at radius 3 is 2.50 bits per heavy atom. The van der Waals surface area contributed by atoms with Gasteiger partial charge in [0.1, 0.15) is 6.54 Å². The van der Waals surface area contributed by atoms with Crippen molar-refractivity contribution in [2.75, 3.05) is 45.7 Å². The largest absolute Gasteiger partial charge is 0.356 e. The number of aliphatic imine (C=N–C) groups is 1. The molecule has 6 nitrogen and oxygen atoms in total. The number of hydrogen-bond acceptors (Lipinski definition) is 5. The van der Waals surface area contributed by atoms with E-state index >= 15 is 0 Å². The third-order valence-electron chi connectivity index (χ3n) is 3.17. The summed E-state index contributed by atoms with van der Waals surface area (Å²) in [5.41, 5.74) is 1.11. The van der Waals surface area contributed by atoms with Crippen molar-refractivity contribution in [2.45, 2.75) is 20.3 Å². The summed E-state index contributed by atoms with van der Waals surface area (Å²) >= 11 is 3.50. The van der Waals surface area contributed by atoms with Gasteiger partial charge in [0.2, 0.25) is 5.91 Å². The van der Waals surface area contributed by atoms with Gasteiger partial charge in [-0.1, -0.05) is 0 Å². The zero-order valence-electron chi connectivity index (χ0n) is 15.0. The zero-order valence-corrected chi connectivity index (χ0v) is 19.0. The molecule has 1 amide bonds. The van der Waals surface area contributed by atoms with Gasteiger partial charge in [0.05, 0.1) is 10.7 Å². The third-order valence-corrected chi connectivity index (χ3v) is 4.92. The van der Waals surface area contributed by atoms with Crippen molar-refractivity contribution in [1.29, 1.82) is 0 Å². The molecule has 0 fully saturated rings. The first-order valence-electron chi connectivity index (χ1n) is 7.58. The van der Waals surface area contributed by atoms with E-state index in [1.165, 1.54) is 4.88 Å². The fourth-order valence-corrected chi connectivity index (χ4v) is 2.91. The van der Waals surface area contributed by atoms with Crippen molar-refractivity contribution in [1.82, 2.24) is 20.5 Å². The number of aryl methyl sites for hydroxylation is 2. The van der Waals surface area contributed by atoms with E-state index < -0.39 is 0 Å². The molecule has 0 radical (unpaired) electrons. The topological polar surface area (TPSA) is 69.6 Å². The smallest absolute Gasteiger partial charge is 0.243 e. The van der Waals surface area contributed by atoms with E-state index in [9.17, 15) is 4.79 Å². The summed E-state index contributed by atoms with van der Waals surface area (Å²) in [5, 5.41) is 7.65. The minimum absolute atomic E-state index is 0. The van der Waals surface area contributed by atoms with Crippen LogP contribution in [0.5, 0.6) is 0 Å². The first-order chi connectivity index (χ1) is 10.9. The van der Waals surface area contributed by atoms with Crippen LogP contribution in [0.25, 0.3) is 0 Å². The Morgan fingerprint density at radius 2 is 1.96 bits per heavy atom. The Kier molecular flexibility index (Phi) is 12.5. The minimum Gasteiger partial charge on any atom is -0.356 e. The molecule has 24 heavy (non-hydrogen) atoms. The Morgan fingerprint density at radius 1 is 1.29 bits per heavy atom. The predicted molar refractivity (Wildman–Crippen MR) is 116 cm³/mol. The van der Waals surface area contributed by atoms with Crippen molar-refractivity contribution < 1.29 is 4.79 Å². The normalized spacial score (nSPS) is 11.0. The van der Waals surface area contributed by atoms with Crippen LogP contribution in [0.4, 0.5) is 0 Å². The van der Waals surface area contributed by atoms with Gasteiger partial charge in [-0.25, -0.2) is 9.98 Å². The molecule has 0 aliphatic heterocycles. The molecular weight excluding hydrogens is 457 g/mol. The van der Waals surface area contributed by atoms with Crippen LogP contribution in [0, 0.1) is 13.8 Å². The van der Waals surface area contributed by atoms with Crippen LogP contribution in [-0.2, 0) is 11.2 Å². The molecule has 1 heterocycles. The molecule has 138 valence electrons. The summed E-state index contributed by atoms with van der Waals surface area (Å²) in [5.74, 6) is 1.66. The summed E-state index contributed by atoms with van der Waals surface area (Å²) in [6.45, 7) is 5.84. The van der Waals surface area contributed by atoms with Gasteiger partial charge in [-0.05, 0) is 20.1 Å². The van der Waals surface area contributed by atoms with Gasteiger partial charge >= 0.3 is 0 Å². The molecular formula is C15H28IN5OS2. The monoisotopic (exact) mass is 485 g/mol. The first kappa shape index (κ1) is 23.4. The number of carbonyl (C=O) groups is 1. The highest BCUT2D eigenvalue weighted by molar-refractivity contribution is 14.0. The maximum atomic E-state index is 11.7. The first-order valence-corrected chi connectivity index (χ1v) is 9.79. The fraction of sp³-hybridized carbons (Fsp3) is 0.667. The quantitative estimate of drug-likeness (QED) is 0.255. The number of carbonyl (C=O) groups excluding carboxylic acids is 1. The van der Waals surface area contributed by atoms with Crippen LogP contribution in [0.1, 0.15) is 15.6 Å². The molecule has 1 aromatic heterocycles. The Labute approximate surface area is 170 Å². The summed E-state index contributed by atoms with van der Waals surface area (Å²) < 4.78 is 0. The molecule has 0 saturated carbocycles. The number of halogens is 1. The summed E-state index contributed by atoms with van der Waals surface area (Å²) in [6.07, 6.45) is 2.92. The van der Waals surface area contributed by atoms with E-state index in [-0.39, 0.29) is 36.4 Å². The Balaban J connectivity index is 0.00000529. The lowest BCUT2D eigenvalue weighted by Gasteiger charge is -2.13. The van der Waals surface area contributed by atoms with Crippen LogP contribution in [0.3, 0.4) is 0 Å². The molecule has 0 aromatic carbocycles. The van der Waals surface area contributed by atoms with Gasteiger partial charge in [0.25, 0.3) is 0 Å². The van der Waals surface area contributed by atoms with Crippen LogP contribution in [0.15, 0.2) is 4.99 Å². The zero-order chi connectivity index (χ0) is 17.2. The van der Waals surface area contributed by atoms with Crippen molar-refractivity contribution in [3.63, 3.8) is 0 Å². The molecule has 9 heteroatoms. The van der Waals surface area contributed by atoms with Crippen LogP contribution in [-0.4, -0.2) is 67.5 Å². The number of likely N-dealkylation sites (N-methyl/N-ethyl adjacent to an activating group) is 1. The van der Waals surface area contributed by atoms with E-state index in [0.717, 1.165) is 36.0 Å². The second kappa shape index (κ2) is 12.8. The molecule has 0 spiro atoms. The molecule has 2 N–H and O–H groups in total. The second-order valence-corrected chi connectivity index (χ2v) is 7.57. The van der Waals surface area contributed by atoms with E-state index in [1.807, 2.05) is 6.92 Å². The number of rotatable bonds is 8. The number of guanidine groups is 1. The molecule has 1 aromatic rings. The fourth-order valence-electron chi connectivity index (χ4n) is 1.67. The SMILES string of the molecule is CSCCNC(=NCC(=O)N(C)C)NCCc1nc(C)c(C)s1.I. The summed E-state index contributed by atoms with van der Waals surface area (Å²) in [6, 6.07) is 0. The molecule has 0 unspecified atom stereocenters. The van der Waals surface area contributed by atoms with E-state index in [4.69, 9.17) is 0 Å². The predicted octanol–water partition coefficient (Wildman–Crippen LogP) is 1.91. The van der Waals surface area contributed by atoms with E-state index in [2.05, 4.69) is 33.8 Å². The minimum atomic E-state index is -0.0119. The van der Waals surface area contributed by atoms with Crippen LogP contribution >= 0.6 is 47.1 Å². The number of thioether (sulfide) groups is 1. The maximum absolute atomic E-state index is 11.7. The lowest BCUT2D eigenvalue weighted by atomic mass is 10.4. The number of hydrogen-bond donors (Lipinski definition) is 2. The van der Waals surface area contributed by atoms with Crippen molar-refractivity contribution >= 4 is 58.9 Å². The van der Waals surface area contributed by atoms with Gasteiger partial charge in [-0.3, -0.25) is 4.79 Å². The number of thiazole rings is 1. The number of nitrogens with one attached hydrogen (secondary N) is 2. The lowest BCUT2D eigenvalue weighted by molar-refractivity contribution is -0.127. The standard InChI is InChI=1S/C15H27N5OS2.HI/c1-11-12(2)23-13(19-11)6-7-16-15(17-8-9-22-5)18-10-14(21)20(3)4;/h6-10H2,1-5H3,(H2,16,17,18);1H. The van der Waals surface area contributed by atoms with Gasteiger partial charge < -0.3 is 15.5 Å². The third kappa shape index (κ3) is 9.07. The number of amides is 1. The Bertz CT molecular complexity index is 514. The molecule has 0 bridgehead atoms. The summed E-state index contributed by atoms with van der Waals surface area (Å²) in [4.78, 5) is 23.4. The summed E-state index contributed by atoms with van der Waals surface area (Å²) in [7, 11) is 3.47. The van der Waals surface area contributed by atoms with Crippen LogP contribution in [0.2, 0.25) is 0 Å². The average Bonchev–Trinajstić information content (AvgIpc) is 2.82. The molecule has 0 saturated heterocycles. The van der Waals surface area contributed by atoms with Gasteiger partial charge in [-0.2, -0.15) is 11.8 Å². The van der Waals surface area contributed by atoms with Crippen molar-refractivity contribution in [3.05, 3.63) is 15.6 Å². The highest BCUT2D eigenvalue weighted by Crippen LogP contribution is 2.16. The lowest BCUT2D eigenvalue weighted by Crippen LogP contribution is -2.40. The molecule has 0 aliphatic rings. The highest BCUT2D eigenvalue weighted by atomic mass is 127. The van der Waals surface area contributed by atoms with Crippen molar-refractivity contribution in [2.24, 2.45) is 4.99 Å². The van der Waals surface area contributed by atoms with Crippen LogP contribution < -0.4 is 10.6 Å².